The monoisotopic (exact) mass is 203 g/mol. The maximum atomic E-state index is 3.64. The number of hydrogen-bond acceptors (Lipinski definition) is 1. The van der Waals surface area contributed by atoms with Crippen LogP contribution in [-0.2, 0) is 0 Å². The Kier molecular flexibility index (Phi) is 3.42. The van der Waals surface area contributed by atoms with Crippen LogP contribution in [0.4, 0.5) is 0 Å². The van der Waals surface area contributed by atoms with Crippen LogP contribution in [0.2, 0.25) is 0 Å². The summed E-state index contributed by atoms with van der Waals surface area (Å²) in [4.78, 5) is 0. The highest BCUT2D eigenvalue weighted by Gasteiger charge is 2.17. The smallest absolute Gasteiger partial charge is 0.00673 e. The van der Waals surface area contributed by atoms with Gasteiger partial charge in [-0.2, -0.15) is 0 Å². The van der Waals surface area contributed by atoms with Crippen molar-refractivity contribution in [2.45, 2.75) is 45.1 Å². The molecule has 0 radical (unpaired) electrons. The molecule has 0 spiro atoms. The highest BCUT2D eigenvalue weighted by molar-refractivity contribution is 5.25. The molecule has 0 aromatic heterocycles. The van der Waals surface area contributed by atoms with Crippen molar-refractivity contribution in [3.05, 3.63) is 35.4 Å². The maximum absolute atomic E-state index is 3.64. The molecule has 1 unspecified atom stereocenters. The summed E-state index contributed by atoms with van der Waals surface area (Å²) < 4.78 is 0. The SMILES string of the molecule is Cc1cccc(C(C)CNC2CCC2)c1. The van der Waals surface area contributed by atoms with Gasteiger partial charge in [0.2, 0.25) is 0 Å². The van der Waals surface area contributed by atoms with Gasteiger partial charge in [-0.15, -0.1) is 0 Å². The van der Waals surface area contributed by atoms with Gasteiger partial charge in [0, 0.05) is 12.6 Å². The van der Waals surface area contributed by atoms with Crippen LogP contribution in [0.15, 0.2) is 24.3 Å². The average molecular weight is 203 g/mol. The Bertz CT molecular complexity index is 315. The lowest BCUT2D eigenvalue weighted by Crippen LogP contribution is -2.37. The Morgan fingerprint density at radius 1 is 1.40 bits per heavy atom. The average Bonchev–Trinajstić information content (AvgIpc) is 2.15. The van der Waals surface area contributed by atoms with E-state index in [1.807, 2.05) is 0 Å². The quantitative estimate of drug-likeness (QED) is 0.792. The second kappa shape index (κ2) is 4.80. The van der Waals surface area contributed by atoms with Crippen LogP contribution >= 0.6 is 0 Å². The molecule has 1 N–H and O–H groups in total. The van der Waals surface area contributed by atoms with Crippen molar-refractivity contribution >= 4 is 0 Å². The van der Waals surface area contributed by atoms with Gasteiger partial charge in [0.15, 0.2) is 0 Å². The minimum Gasteiger partial charge on any atom is -0.313 e. The van der Waals surface area contributed by atoms with E-state index in [0.29, 0.717) is 5.92 Å². The first-order valence-corrected chi connectivity index (χ1v) is 6.05. The normalized spacial score (nSPS) is 18.5. The first-order valence-electron chi connectivity index (χ1n) is 6.05. The minimum absolute atomic E-state index is 0.630. The fourth-order valence-corrected chi connectivity index (χ4v) is 2.05. The van der Waals surface area contributed by atoms with E-state index in [4.69, 9.17) is 0 Å². The van der Waals surface area contributed by atoms with E-state index < -0.39 is 0 Å². The van der Waals surface area contributed by atoms with Crippen LogP contribution in [0.3, 0.4) is 0 Å². The van der Waals surface area contributed by atoms with Gasteiger partial charge >= 0.3 is 0 Å². The molecule has 0 amide bonds. The Balaban J connectivity index is 1.86. The van der Waals surface area contributed by atoms with E-state index in [9.17, 15) is 0 Å². The van der Waals surface area contributed by atoms with Gasteiger partial charge in [0.05, 0.1) is 0 Å². The Labute approximate surface area is 92.9 Å². The standard InChI is InChI=1S/C14H21N/c1-11-5-3-6-13(9-11)12(2)10-15-14-7-4-8-14/h3,5-6,9,12,14-15H,4,7-8,10H2,1-2H3. The summed E-state index contributed by atoms with van der Waals surface area (Å²) in [7, 11) is 0. The summed E-state index contributed by atoms with van der Waals surface area (Å²) in [6.45, 7) is 5.59. The molecule has 1 saturated carbocycles. The van der Waals surface area contributed by atoms with E-state index in [0.717, 1.165) is 12.6 Å². The highest BCUT2D eigenvalue weighted by atomic mass is 14.9. The van der Waals surface area contributed by atoms with Crippen LogP contribution in [0.1, 0.15) is 43.2 Å². The van der Waals surface area contributed by atoms with Gasteiger partial charge in [-0.25, -0.2) is 0 Å². The second-order valence-corrected chi connectivity index (χ2v) is 4.85. The number of nitrogens with one attached hydrogen (secondary N) is 1. The van der Waals surface area contributed by atoms with E-state index in [1.54, 1.807) is 0 Å². The van der Waals surface area contributed by atoms with E-state index in [2.05, 4.69) is 43.4 Å². The molecule has 1 aromatic carbocycles. The minimum atomic E-state index is 0.630. The van der Waals surface area contributed by atoms with Gasteiger partial charge in [0.25, 0.3) is 0 Å². The summed E-state index contributed by atoms with van der Waals surface area (Å²) in [5.41, 5.74) is 2.82. The molecule has 2 rings (SSSR count). The zero-order valence-electron chi connectivity index (χ0n) is 9.79. The summed E-state index contributed by atoms with van der Waals surface area (Å²) in [6, 6.07) is 9.66. The number of rotatable bonds is 4. The molecule has 1 atom stereocenters. The lowest BCUT2D eigenvalue weighted by molar-refractivity contribution is 0.334. The topological polar surface area (TPSA) is 12.0 Å². The third kappa shape index (κ3) is 2.82. The third-order valence-corrected chi connectivity index (χ3v) is 3.43. The Morgan fingerprint density at radius 3 is 2.80 bits per heavy atom. The number of aryl methyl sites for hydroxylation is 1. The van der Waals surface area contributed by atoms with Gasteiger partial charge in [-0.3, -0.25) is 0 Å². The predicted molar refractivity (Wildman–Crippen MR) is 65.2 cm³/mol. The first-order chi connectivity index (χ1) is 7.25. The van der Waals surface area contributed by atoms with Gasteiger partial charge in [0.1, 0.15) is 0 Å². The van der Waals surface area contributed by atoms with Gasteiger partial charge < -0.3 is 5.32 Å². The number of hydrogen-bond donors (Lipinski definition) is 1. The molecule has 15 heavy (non-hydrogen) atoms. The van der Waals surface area contributed by atoms with Crippen molar-refractivity contribution < 1.29 is 0 Å². The zero-order valence-corrected chi connectivity index (χ0v) is 9.79. The molecule has 0 bridgehead atoms. The molecule has 1 aromatic rings. The Hall–Kier alpha value is -0.820. The molecular weight excluding hydrogens is 182 g/mol. The highest BCUT2D eigenvalue weighted by Crippen LogP contribution is 2.20. The molecule has 0 aliphatic heterocycles. The van der Waals surface area contributed by atoms with Crippen LogP contribution in [0.25, 0.3) is 0 Å². The first kappa shape index (κ1) is 10.7. The lowest BCUT2D eigenvalue weighted by Gasteiger charge is -2.28. The molecule has 0 heterocycles. The van der Waals surface area contributed by atoms with Crippen LogP contribution in [-0.4, -0.2) is 12.6 Å². The molecule has 1 aliphatic rings. The van der Waals surface area contributed by atoms with E-state index in [1.165, 1.54) is 30.4 Å². The number of benzene rings is 1. The largest absolute Gasteiger partial charge is 0.313 e. The summed E-state index contributed by atoms with van der Waals surface area (Å²) in [6.07, 6.45) is 4.16. The van der Waals surface area contributed by atoms with E-state index in [-0.39, 0.29) is 0 Å². The van der Waals surface area contributed by atoms with Crippen molar-refractivity contribution in [2.75, 3.05) is 6.54 Å². The molecule has 1 fully saturated rings. The summed E-state index contributed by atoms with van der Waals surface area (Å²) in [5.74, 6) is 0.630. The van der Waals surface area contributed by atoms with Crippen molar-refractivity contribution in [1.82, 2.24) is 5.32 Å². The molecule has 1 nitrogen and oxygen atoms in total. The molecular formula is C14H21N. The fourth-order valence-electron chi connectivity index (χ4n) is 2.05. The lowest BCUT2D eigenvalue weighted by atomic mass is 9.92. The van der Waals surface area contributed by atoms with Gasteiger partial charge in [-0.05, 0) is 31.2 Å². The molecule has 1 heteroatoms. The molecule has 82 valence electrons. The van der Waals surface area contributed by atoms with Crippen LogP contribution < -0.4 is 5.32 Å². The van der Waals surface area contributed by atoms with Crippen LogP contribution in [0.5, 0.6) is 0 Å². The molecule has 0 saturated heterocycles. The second-order valence-electron chi connectivity index (χ2n) is 4.85. The maximum Gasteiger partial charge on any atom is 0.00673 e. The van der Waals surface area contributed by atoms with Crippen LogP contribution in [0, 0.1) is 6.92 Å². The molecule has 1 aliphatic carbocycles. The summed E-state index contributed by atoms with van der Waals surface area (Å²) in [5, 5.41) is 3.64. The third-order valence-electron chi connectivity index (χ3n) is 3.43. The van der Waals surface area contributed by atoms with Crippen molar-refractivity contribution in [3.63, 3.8) is 0 Å². The predicted octanol–water partition coefficient (Wildman–Crippen LogP) is 3.24. The Morgan fingerprint density at radius 2 is 2.20 bits per heavy atom. The van der Waals surface area contributed by atoms with Gasteiger partial charge in [-0.1, -0.05) is 43.2 Å². The van der Waals surface area contributed by atoms with Crippen molar-refractivity contribution in [1.29, 1.82) is 0 Å². The summed E-state index contributed by atoms with van der Waals surface area (Å²) >= 11 is 0. The fraction of sp³-hybridized carbons (Fsp3) is 0.571. The zero-order chi connectivity index (χ0) is 10.7. The van der Waals surface area contributed by atoms with Crippen molar-refractivity contribution in [2.24, 2.45) is 0 Å². The van der Waals surface area contributed by atoms with E-state index >= 15 is 0 Å². The van der Waals surface area contributed by atoms with Crippen molar-refractivity contribution in [3.8, 4) is 0 Å².